The van der Waals surface area contributed by atoms with Crippen LogP contribution in [0, 0.1) is 0 Å². The summed E-state index contributed by atoms with van der Waals surface area (Å²) in [5.74, 6) is -2.14. The molecule has 3 unspecified atom stereocenters. The predicted molar refractivity (Wildman–Crippen MR) is 48.6 cm³/mol. The fourth-order valence-electron chi connectivity index (χ4n) is 0.206. The zero-order chi connectivity index (χ0) is 11.9. The monoisotopic (exact) mass is 271 g/mol. The number of aliphatic carboxylic acids is 2. The van der Waals surface area contributed by atoms with E-state index in [1.807, 2.05) is 0 Å². The Kier molecular flexibility index (Phi) is 13.1. The molecule has 95 valence electrons. The first-order chi connectivity index (χ1) is 6.20. The first-order valence-corrected chi connectivity index (χ1v) is 3.85. The van der Waals surface area contributed by atoms with E-state index in [4.69, 9.17) is 26.8 Å². The van der Waals surface area contributed by atoms with Crippen LogP contribution in [-0.2, 0) is 26.7 Å². The third kappa shape index (κ3) is 13.3. The van der Waals surface area contributed by atoms with Crippen LogP contribution in [0.15, 0.2) is 0 Å². The molecule has 15 heavy (non-hydrogen) atoms. The molecule has 0 amide bonds. The molecule has 7 nitrogen and oxygen atoms in total. The van der Waals surface area contributed by atoms with Crippen LogP contribution >= 0.6 is 0 Å². The number of rotatable bonds is 3. The number of nitrogens with two attached hydrogens (primary N) is 2. The second kappa shape index (κ2) is 9.88. The molecular weight excluding hydrogens is 256 g/mol. The van der Waals surface area contributed by atoms with Crippen molar-refractivity contribution in [2.75, 3.05) is 0 Å². The maximum atomic E-state index is 9.86. The van der Waals surface area contributed by atoms with Gasteiger partial charge in [0.25, 0.3) is 0 Å². The Morgan fingerprint density at radius 1 is 1.07 bits per heavy atom. The van der Waals surface area contributed by atoms with Crippen molar-refractivity contribution in [1.82, 2.24) is 0 Å². The molecule has 0 aromatic rings. The van der Waals surface area contributed by atoms with E-state index >= 15 is 0 Å². The summed E-state index contributed by atoms with van der Waals surface area (Å²) >= 11 is 0. The Labute approximate surface area is 97.9 Å². The molecule has 0 aromatic carbocycles. The van der Waals surface area contributed by atoms with Gasteiger partial charge in [-0.25, -0.2) is 0 Å². The molecule has 0 aliphatic heterocycles. The second-order valence-electron chi connectivity index (χ2n) is 2.73. The fraction of sp³-hybridized carbons (Fsp3) is 0.714. The van der Waals surface area contributed by atoms with Gasteiger partial charge in [-0.15, -0.1) is 0 Å². The van der Waals surface area contributed by atoms with Crippen LogP contribution in [0.2, 0.25) is 0 Å². The van der Waals surface area contributed by atoms with Crippen LogP contribution in [0.3, 0.4) is 0 Å². The Hall–Kier alpha value is -0.661. The molecule has 0 aliphatic rings. The normalized spacial score (nSPS) is 14.7. The summed E-state index contributed by atoms with van der Waals surface area (Å²) in [6, 6.07) is -1.89. The Morgan fingerprint density at radius 3 is 1.33 bits per heavy atom. The molecule has 8 heteroatoms. The van der Waals surface area contributed by atoms with E-state index in [1.54, 1.807) is 0 Å². The molecule has 0 fully saturated rings. The van der Waals surface area contributed by atoms with Crippen molar-refractivity contribution in [3.8, 4) is 0 Å². The van der Waals surface area contributed by atoms with Crippen LogP contribution in [0.5, 0.6) is 0 Å². The average molecular weight is 272 g/mol. The molecule has 7 N–H and O–H groups in total. The van der Waals surface area contributed by atoms with Crippen molar-refractivity contribution < 1.29 is 42.0 Å². The van der Waals surface area contributed by atoms with Crippen LogP contribution in [-0.4, -0.2) is 45.4 Å². The number of carboxylic acid groups (broad SMARTS) is 2. The number of aliphatic hydroxyl groups excluding tert-OH is 1. The van der Waals surface area contributed by atoms with Gasteiger partial charge in [0.1, 0.15) is 12.1 Å². The van der Waals surface area contributed by atoms with Crippen LogP contribution < -0.4 is 11.5 Å². The van der Waals surface area contributed by atoms with Gasteiger partial charge in [-0.1, -0.05) is 0 Å². The summed E-state index contributed by atoms with van der Waals surface area (Å²) < 4.78 is 0. The van der Waals surface area contributed by atoms with E-state index in [1.165, 1.54) is 13.8 Å². The molecule has 0 bridgehead atoms. The van der Waals surface area contributed by atoms with Crippen molar-refractivity contribution >= 4 is 11.9 Å². The van der Waals surface area contributed by atoms with Crippen LogP contribution in [0.25, 0.3) is 0 Å². The zero-order valence-electron chi connectivity index (χ0n) is 8.35. The molecule has 0 rings (SSSR count). The second-order valence-corrected chi connectivity index (χ2v) is 2.73. The van der Waals surface area contributed by atoms with Gasteiger partial charge in [-0.2, -0.15) is 0 Å². The topological polar surface area (TPSA) is 147 Å². The van der Waals surface area contributed by atoms with Gasteiger partial charge in [-0.05, 0) is 13.8 Å². The summed E-state index contributed by atoms with van der Waals surface area (Å²) in [6.45, 7) is 2.75. The van der Waals surface area contributed by atoms with Crippen molar-refractivity contribution in [1.29, 1.82) is 0 Å². The summed E-state index contributed by atoms with van der Waals surface area (Å²) in [5.41, 5.74) is 9.75. The maximum absolute atomic E-state index is 9.86. The molecule has 3 atom stereocenters. The minimum absolute atomic E-state index is 0. The molecular formula is C7H16CuN2O5. The van der Waals surface area contributed by atoms with Crippen LogP contribution in [0.4, 0.5) is 0 Å². The quantitative estimate of drug-likeness (QED) is 0.380. The third-order valence-electron chi connectivity index (χ3n) is 1.19. The largest absolute Gasteiger partial charge is 0.480 e. The maximum Gasteiger partial charge on any atom is 0.323 e. The molecule has 1 radical (unpaired) electrons. The summed E-state index contributed by atoms with van der Waals surface area (Å²) in [4.78, 5) is 19.4. The average Bonchev–Trinajstić information content (AvgIpc) is 2.03. The SMILES string of the molecule is CC(N)C(=O)O.CC(O)C(N)C(=O)O.[Cu]. The minimum atomic E-state index is -1.18. The number of hydrogen-bond donors (Lipinski definition) is 5. The number of aliphatic hydroxyl groups is 1. The predicted octanol–water partition coefficient (Wildman–Crippen LogP) is -1.81. The van der Waals surface area contributed by atoms with E-state index in [9.17, 15) is 9.59 Å². The van der Waals surface area contributed by atoms with Gasteiger partial charge in [-0.3, -0.25) is 9.59 Å². The van der Waals surface area contributed by atoms with Crippen molar-refractivity contribution in [2.45, 2.75) is 32.0 Å². The Bertz CT molecular complexity index is 198. The molecule has 0 saturated heterocycles. The molecule has 0 heterocycles. The van der Waals surface area contributed by atoms with Gasteiger partial charge < -0.3 is 26.8 Å². The van der Waals surface area contributed by atoms with Crippen LogP contribution in [0.1, 0.15) is 13.8 Å². The molecule has 0 aromatic heterocycles. The van der Waals surface area contributed by atoms with Crippen molar-refractivity contribution in [3.63, 3.8) is 0 Å². The molecule has 0 aliphatic carbocycles. The first-order valence-electron chi connectivity index (χ1n) is 3.85. The first kappa shape index (κ1) is 19.8. The summed E-state index contributed by atoms with van der Waals surface area (Å²) in [5, 5.41) is 24.4. The Balaban J connectivity index is -0.000000187. The van der Waals surface area contributed by atoms with Crippen molar-refractivity contribution in [3.05, 3.63) is 0 Å². The number of carboxylic acids is 2. The van der Waals surface area contributed by atoms with E-state index in [-0.39, 0.29) is 17.1 Å². The summed E-state index contributed by atoms with van der Waals surface area (Å²) in [7, 11) is 0. The van der Waals surface area contributed by atoms with Crippen molar-refractivity contribution in [2.24, 2.45) is 11.5 Å². The van der Waals surface area contributed by atoms with Gasteiger partial charge in [0.2, 0.25) is 0 Å². The number of carbonyl (C=O) groups is 2. The van der Waals surface area contributed by atoms with E-state index < -0.39 is 30.1 Å². The van der Waals surface area contributed by atoms with Gasteiger partial charge in [0.05, 0.1) is 6.10 Å². The van der Waals surface area contributed by atoms with Gasteiger partial charge in [0.15, 0.2) is 0 Å². The molecule has 0 spiro atoms. The van der Waals surface area contributed by atoms with E-state index in [0.717, 1.165) is 0 Å². The standard InChI is InChI=1S/C4H9NO3.C3H7NO2.Cu/c1-2(6)3(5)4(7)8;1-2(4)3(5)6;/h2-3,6H,5H2,1H3,(H,7,8);2H,4H2,1H3,(H,5,6);. The molecule has 0 saturated carbocycles. The fourth-order valence-corrected chi connectivity index (χ4v) is 0.206. The van der Waals surface area contributed by atoms with Gasteiger partial charge >= 0.3 is 11.9 Å². The van der Waals surface area contributed by atoms with E-state index in [2.05, 4.69) is 0 Å². The summed E-state index contributed by atoms with van der Waals surface area (Å²) in [6.07, 6.45) is -0.979. The zero-order valence-corrected chi connectivity index (χ0v) is 9.29. The third-order valence-corrected chi connectivity index (χ3v) is 1.19. The van der Waals surface area contributed by atoms with E-state index in [0.29, 0.717) is 0 Å². The Morgan fingerprint density at radius 2 is 1.33 bits per heavy atom. The minimum Gasteiger partial charge on any atom is -0.480 e. The smallest absolute Gasteiger partial charge is 0.323 e. The van der Waals surface area contributed by atoms with Gasteiger partial charge in [0, 0.05) is 17.1 Å². The number of hydrogen-bond acceptors (Lipinski definition) is 5.